The van der Waals surface area contributed by atoms with E-state index in [2.05, 4.69) is 0 Å². The maximum atomic E-state index is 13.5. The van der Waals surface area contributed by atoms with Gasteiger partial charge in [-0.05, 0) is 36.6 Å². The predicted molar refractivity (Wildman–Crippen MR) is 122 cm³/mol. The van der Waals surface area contributed by atoms with Crippen LogP contribution in [0, 0.1) is 5.92 Å². The summed E-state index contributed by atoms with van der Waals surface area (Å²) in [5.74, 6) is -0.0653. The molecule has 1 atom stereocenters. The number of carbonyl (C=O) groups excluding carboxylic acids is 2. The van der Waals surface area contributed by atoms with Gasteiger partial charge in [-0.15, -0.1) is 0 Å². The number of piperidine rings is 1. The van der Waals surface area contributed by atoms with E-state index in [0.29, 0.717) is 49.7 Å². The topological polar surface area (TPSA) is 102 Å². The number of amides is 1. The maximum absolute atomic E-state index is 13.5. The highest BCUT2D eigenvalue weighted by Gasteiger charge is 2.42. The first-order chi connectivity index (χ1) is 16.4. The van der Waals surface area contributed by atoms with Crippen LogP contribution >= 0.6 is 0 Å². The molecule has 1 amide bonds. The normalized spacial score (nSPS) is 20.6. The van der Waals surface area contributed by atoms with Crippen molar-refractivity contribution in [2.45, 2.75) is 30.2 Å². The number of sulfonamides is 1. The Morgan fingerprint density at radius 1 is 1.00 bits per heavy atom. The number of carbonyl (C=O) groups is 2. The molecule has 1 saturated heterocycles. The Morgan fingerprint density at radius 2 is 1.71 bits per heavy atom. The van der Waals surface area contributed by atoms with Crippen LogP contribution in [0.25, 0.3) is 0 Å². The molecular formula is C24H26N2O7S. The molecule has 2 aromatic carbocycles. The molecule has 180 valence electrons. The summed E-state index contributed by atoms with van der Waals surface area (Å²) in [6.45, 7) is 1.23. The molecule has 0 spiro atoms. The number of rotatable bonds is 4. The van der Waals surface area contributed by atoms with Gasteiger partial charge in [0.25, 0.3) is 0 Å². The summed E-state index contributed by atoms with van der Waals surface area (Å²) in [6, 6.07) is 11.4. The molecule has 10 heteroatoms. The summed E-state index contributed by atoms with van der Waals surface area (Å²) in [5, 5.41) is 0. The molecule has 34 heavy (non-hydrogen) atoms. The number of benzene rings is 2. The second-order valence-corrected chi connectivity index (χ2v) is 10.5. The molecule has 0 aliphatic carbocycles. The van der Waals surface area contributed by atoms with E-state index >= 15 is 0 Å². The van der Waals surface area contributed by atoms with Crippen molar-refractivity contribution in [3.8, 4) is 11.5 Å². The standard InChI is InChI=1S/C24H26N2O7S/c1-31-24(28)20-14-17-4-2-3-5-19(17)26(20)23(27)16-8-10-25(11-9-16)34(29,30)18-6-7-21-22(15-18)33-13-12-32-21/h2-7,15-16,20H,8-14H2,1H3. The number of para-hydroxylation sites is 1. The number of hydrogen-bond acceptors (Lipinski definition) is 7. The Bertz CT molecular complexity index is 1220. The Hall–Kier alpha value is -3.11. The molecule has 9 nitrogen and oxygen atoms in total. The quantitative estimate of drug-likeness (QED) is 0.609. The lowest BCUT2D eigenvalue weighted by atomic mass is 9.96. The second-order valence-electron chi connectivity index (χ2n) is 8.56. The second kappa shape index (κ2) is 8.92. The summed E-state index contributed by atoms with van der Waals surface area (Å²) in [6.07, 6.45) is 1.15. The largest absolute Gasteiger partial charge is 0.486 e. The molecule has 0 saturated carbocycles. The van der Waals surface area contributed by atoms with E-state index < -0.39 is 22.0 Å². The first-order valence-corrected chi connectivity index (χ1v) is 12.7. The SMILES string of the molecule is COC(=O)C1Cc2ccccc2N1C(=O)C1CCN(S(=O)(=O)c2ccc3c(c2)OCCO3)CC1. The smallest absolute Gasteiger partial charge is 0.329 e. The van der Waals surface area contributed by atoms with Crippen molar-refractivity contribution < 1.29 is 32.2 Å². The van der Waals surface area contributed by atoms with Crippen molar-refractivity contribution in [3.63, 3.8) is 0 Å². The van der Waals surface area contributed by atoms with E-state index in [9.17, 15) is 18.0 Å². The van der Waals surface area contributed by atoms with Crippen molar-refractivity contribution in [3.05, 3.63) is 48.0 Å². The molecule has 0 bridgehead atoms. The van der Waals surface area contributed by atoms with Gasteiger partial charge >= 0.3 is 5.97 Å². The van der Waals surface area contributed by atoms with Gasteiger partial charge in [0.05, 0.1) is 12.0 Å². The average Bonchev–Trinajstić information content (AvgIpc) is 3.27. The van der Waals surface area contributed by atoms with Crippen LogP contribution in [0.15, 0.2) is 47.4 Å². The number of anilines is 1. The van der Waals surface area contributed by atoms with Gasteiger partial charge < -0.3 is 14.2 Å². The van der Waals surface area contributed by atoms with Crippen LogP contribution in [-0.4, -0.2) is 64.1 Å². The number of methoxy groups -OCH3 is 1. The molecule has 3 aliphatic heterocycles. The minimum absolute atomic E-state index is 0.140. The number of nitrogens with zero attached hydrogens (tertiary/aromatic N) is 2. The molecule has 3 aliphatic rings. The Balaban J connectivity index is 1.31. The number of fused-ring (bicyclic) bond motifs is 2. The first kappa shape index (κ1) is 22.7. The fourth-order valence-electron chi connectivity index (χ4n) is 4.86. The Kier molecular flexibility index (Phi) is 5.95. The minimum atomic E-state index is -3.74. The van der Waals surface area contributed by atoms with Crippen molar-refractivity contribution >= 4 is 27.6 Å². The van der Waals surface area contributed by atoms with Gasteiger partial charge in [0, 0.05) is 37.2 Å². The van der Waals surface area contributed by atoms with Gasteiger partial charge in [-0.25, -0.2) is 13.2 Å². The molecular weight excluding hydrogens is 460 g/mol. The van der Waals surface area contributed by atoms with Crippen LogP contribution < -0.4 is 14.4 Å². The van der Waals surface area contributed by atoms with E-state index in [1.807, 2.05) is 24.3 Å². The molecule has 1 fully saturated rings. The predicted octanol–water partition coefficient (Wildman–Crippen LogP) is 1.99. The van der Waals surface area contributed by atoms with Crippen LogP contribution in [0.1, 0.15) is 18.4 Å². The van der Waals surface area contributed by atoms with Crippen LogP contribution in [0.5, 0.6) is 11.5 Å². The minimum Gasteiger partial charge on any atom is -0.486 e. The monoisotopic (exact) mass is 486 g/mol. The van der Waals surface area contributed by atoms with Gasteiger partial charge in [-0.1, -0.05) is 18.2 Å². The van der Waals surface area contributed by atoms with Crippen molar-refractivity contribution in [2.75, 3.05) is 38.3 Å². The van der Waals surface area contributed by atoms with Crippen LogP contribution in [-0.2, 0) is 30.8 Å². The third-order valence-corrected chi connectivity index (χ3v) is 8.54. The van der Waals surface area contributed by atoms with Crippen molar-refractivity contribution in [2.24, 2.45) is 5.92 Å². The van der Waals surface area contributed by atoms with E-state index in [1.165, 1.54) is 28.4 Å². The van der Waals surface area contributed by atoms with E-state index in [0.717, 1.165) is 5.56 Å². The molecule has 0 aromatic heterocycles. The number of ether oxygens (including phenoxy) is 3. The van der Waals surface area contributed by atoms with Gasteiger partial charge in [0.15, 0.2) is 11.5 Å². The van der Waals surface area contributed by atoms with Crippen LogP contribution in [0.3, 0.4) is 0 Å². The van der Waals surface area contributed by atoms with Crippen LogP contribution in [0.2, 0.25) is 0 Å². The fourth-order valence-corrected chi connectivity index (χ4v) is 6.34. The third-order valence-electron chi connectivity index (χ3n) is 6.64. The van der Waals surface area contributed by atoms with Gasteiger partial charge in [0.1, 0.15) is 19.3 Å². The highest BCUT2D eigenvalue weighted by atomic mass is 32.2. The van der Waals surface area contributed by atoms with Gasteiger partial charge in [0.2, 0.25) is 15.9 Å². The molecule has 0 radical (unpaired) electrons. The summed E-state index contributed by atoms with van der Waals surface area (Å²) in [7, 11) is -2.43. The lowest BCUT2D eigenvalue weighted by Crippen LogP contribution is -2.49. The first-order valence-electron chi connectivity index (χ1n) is 11.3. The molecule has 3 heterocycles. The number of hydrogen-bond donors (Lipinski definition) is 0. The molecule has 0 N–H and O–H groups in total. The molecule has 5 rings (SSSR count). The van der Waals surface area contributed by atoms with E-state index in [1.54, 1.807) is 6.07 Å². The summed E-state index contributed by atoms with van der Waals surface area (Å²) < 4.78 is 43.8. The summed E-state index contributed by atoms with van der Waals surface area (Å²) in [4.78, 5) is 27.6. The molecule has 2 aromatic rings. The third kappa shape index (κ3) is 3.90. The fraction of sp³-hybridized carbons (Fsp3) is 0.417. The zero-order valence-electron chi connectivity index (χ0n) is 18.8. The van der Waals surface area contributed by atoms with Gasteiger partial charge in [-0.3, -0.25) is 9.69 Å². The maximum Gasteiger partial charge on any atom is 0.329 e. The Morgan fingerprint density at radius 3 is 2.44 bits per heavy atom. The van der Waals surface area contributed by atoms with Crippen molar-refractivity contribution in [1.82, 2.24) is 4.31 Å². The van der Waals surface area contributed by atoms with Gasteiger partial charge in [-0.2, -0.15) is 4.31 Å². The zero-order valence-corrected chi connectivity index (χ0v) is 19.6. The summed E-state index contributed by atoms with van der Waals surface area (Å²) in [5.41, 5.74) is 1.64. The van der Waals surface area contributed by atoms with E-state index in [4.69, 9.17) is 14.2 Å². The van der Waals surface area contributed by atoms with E-state index in [-0.39, 0.29) is 29.8 Å². The highest BCUT2D eigenvalue weighted by Crippen LogP contribution is 2.37. The lowest BCUT2D eigenvalue weighted by Gasteiger charge is -2.34. The number of esters is 1. The average molecular weight is 487 g/mol. The lowest BCUT2D eigenvalue weighted by molar-refractivity contribution is -0.143. The highest BCUT2D eigenvalue weighted by molar-refractivity contribution is 7.89. The Labute approximate surface area is 198 Å². The molecule has 1 unspecified atom stereocenters. The zero-order chi connectivity index (χ0) is 23.9. The summed E-state index contributed by atoms with van der Waals surface area (Å²) >= 11 is 0. The van der Waals surface area contributed by atoms with Crippen LogP contribution in [0.4, 0.5) is 5.69 Å². The van der Waals surface area contributed by atoms with Crippen molar-refractivity contribution in [1.29, 1.82) is 0 Å².